The molecule has 0 saturated heterocycles. The number of halogens is 3. The maximum absolute atomic E-state index is 3.28. The Hall–Kier alpha value is 0.154. The fourth-order valence-corrected chi connectivity index (χ4v) is 1.47. The van der Waals surface area contributed by atoms with E-state index >= 15 is 0 Å². The summed E-state index contributed by atoms with van der Waals surface area (Å²) in [5, 5.41) is 0. The second kappa shape index (κ2) is 10.3. The predicted octanol–water partition coefficient (Wildman–Crippen LogP) is -5.77. The van der Waals surface area contributed by atoms with Crippen molar-refractivity contribution in [2.24, 2.45) is 0 Å². The van der Waals surface area contributed by atoms with Crippen molar-refractivity contribution in [1.82, 2.24) is 0 Å². The van der Waals surface area contributed by atoms with Gasteiger partial charge >= 0.3 is 18.6 Å². The Morgan fingerprint density at radius 3 is 2.00 bits per heavy atom. The van der Waals surface area contributed by atoms with Gasteiger partial charge in [0.2, 0.25) is 0 Å². The van der Waals surface area contributed by atoms with Crippen molar-refractivity contribution in [2.75, 3.05) is 0 Å². The van der Waals surface area contributed by atoms with Crippen LogP contribution in [0.5, 0.6) is 0 Å². The number of rotatable bonds is 1. The summed E-state index contributed by atoms with van der Waals surface area (Å²) in [5.41, 5.74) is 3.97. The van der Waals surface area contributed by atoms with Gasteiger partial charge < -0.3 is 37.2 Å². The van der Waals surface area contributed by atoms with E-state index in [0.717, 1.165) is 6.42 Å². The average molecular weight is 313 g/mol. The van der Waals surface area contributed by atoms with Crippen LogP contribution < -0.4 is 37.2 Å². The molecule has 16 heavy (non-hydrogen) atoms. The molecule has 1 aromatic carbocycles. The molecule has 0 unspecified atom stereocenters. The Bertz CT molecular complexity index is 345. The predicted molar refractivity (Wildman–Crippen MR) is 51.5 cm³/mol. The van der Waals surface area contributed by atoms with Gasteiger partial charge in [-0.1, -0.05) is 31.5 Å². The van der Waals surface area contributed by atoms with Crippen LogP contribution in [0.15, 0.2) is 42.0 Å². The molecule has 85 valence electrons. The Labute approximate surface area is 128 Å². The van der Waals surface area contributed by atoms with Crippen LogP contribution in [-0.4, -0.2) is 0 Å². The van der Waals surface area contributed by atoms with E-state index in [1.807, 2.05) is 6.07 Å². The van der Waals surface area contributed by atoms with Crippen LogP contribution in [0.2, 0.25) is 0 Å². The van der Waals surface area contributed by atoms with Crippen LogP contribution in [0, 0.1) is 6.08 Å². The van der Waals surface area contributed by atoms with Crippen LogP contribution in [0.4, 0.5) is 0 Å². The molecule has 0 atom stereocenters. The zero-order chi connectivity index (χ0) is 8.39. The summed E-state index contributed by atoms with van der Waals surface area (Å²) in [5.74, 6) is 0. The minimum atomic E-state index is 0. The molecule has 0 nitrogen and oxygen atoms in total. The zero-order valence-electron chi connectivity index (χ0n) is 8.75. The Morgan fingerprint density at radius 2 is 1.56 bits per heavy atom. The van der Waals surface area contributed by atoms with Gasteiger partial charge in [0.05, 0.1) is 0 Å². The van der Waals surface area contributed by atoms with Crippen LogP contribution >= 0.6 is 0 Å². The molecule has 4 heteroatoms. The minimum absolute atomic E-state index is 0. The summed E-state index contributed by atoms with van der Waals surface area (Å²) in [6.07, 6.45) is 6.43. The van der Waals surface area contributed by atoms with Crippen LogP contribution in [0.3, 0.4) is 0 Å². The van der Waals surface area contributed by atoms with Gasteiger partial charge in [0.25, 0.3) is 0 Å². The number of benzene rings is 1. The molecule has 1 aliphatic carbocycles. The van der Waals surface area contributed by atoms with Crippen molar-refractivity contribution in [2.45, 2.75) is 13.3 Å². The summed E-state index contributed by atoms with van der Waals surface area (Å²) >= 11 is 0. The summed E-state index contributed by atoms with van der Waals surface area (Å²) in [6, 6.07) is 10.4. The Morgan fingerprint density at radius 1 is 1.00 bits per heavy atom. The smallest absolute Gasteiger partial charge is 1.00 e. The van der Waals surface area contributed by atoms with Gasteiger partial charge in [-0.3, -0.25) is 0 Å². The van der Waals surface area contributed by atoms with Gasteiger partial charge in [-0.05, 0) is 0 Å². The molecule has 0 N–H and O–H groups in total. The number of hydrogen-bond acceptors (Lipinski definition) is 0. The van der Waals surface area contributed by atoms with Gasteiger partial charge in [-0.15, -0.1) is 17.7 Å². The quantitative estimate of drug-likeness (QED) is 0.454. The third-order valence-corrected chi connectivity index (χ3v) is 2.14. The van der Waals surface area contributed by atoms with Crippen molar-refractivity contribution >= 4 is 5.57 Å². The van der Waals surface area contributed by atoms with Crippen molar-refractivity contribution in [3.63, 3.8) is 0 Å². The molecule has 2 rings (SSSR count). The van der Waals surface area contributed by atoms with Gasteiger partial charge in [0, 0.05) is 0 Å². The molecule has 1 aromatic rings. The van der Waals surface area contributed by atoms with E-state index in [9.17, 15) is 0 Å². The maximum atomic E-state index is 3.28. The molecular formula is C12H11Cl3V. The van der Waals surface area contributed by atoms with Gasteiger partial charge in [0.15, 0.2) is 0 Å². The molecule has 1 aliphatic rings. The average Bonchev–Trinajstić information content (AvgIpc) is 2.53. The van der Waals surface area contributed by atoms with Crippen molar-refractivity contribution < 1.29 is 55.8 Å². The molecule has 0 heterocycles. The van der Waals surface area contributed by atoms with Gasteiger partial charge in [0.1, 0.15) is 0 Å². The molecule has 0 saturated carbocycles. The summed E-state index contributed by atoms with van der Waals surface area (Å²) < 4.78 is 0. The fraction of sp³-hybridized carbons (Fsp3) is 0.167. The second-order valence-corrected chi connectivity index (χ2v) is 3.07. The first-order valence-corrected chi connectivity index (χ1v) is 4.21. The summed E-state index contributed by atoms with van der Waals surface area (Å²) in [4.78, 5) is 0. The van der Waals surface area contributed by atoms with Gasteiger partial charge in [-0.25, -0.2) is 0 Å². The molecular weight excluding hydrogens is 301 g/mol. The van der Waals surface area contributed by atoms with Crippen LogP contribution in [-0.2, 0) is 18.6 Å². The SMILES string of the molecule is CC1=C(c2ccccc2)[C-]=CC1.[Cl-].[Cl-].[Cl-].[V+4]. The third-order valence-electron chi connectivity index (χ3n) is 2.14. The molecule has 0 bridgehead atoms. The van der Waals surface area contributed by atoms with Crippen molar-refractivity contribution in [3.05, 3.63) is 53.6 Å². The van der Waals surface area contributed by atoms with Gasteiger partial charge in [-0.2, -0.15) is 23.3 Å². The first-order valence-electron chi connectivity index (χ1n) is 4.21. The summed E-state index contributed by atoms with van der Waals surface area (Å²) in [7, 11) is 0. The Kier molecular flexibility index (Phi) is 13.8. The van der Waals surface area contributed by atoms with Crippen molar-refractivity contribution in [1.29, 1.82) is 0 Å². The first-order chi connectivity index (χ1) is 5.88. The fourth-order valence-electron chi connectivity index (χ4n) is 1.47. The molecule has 0 spiro atoms. The molecule has 1 radical (unpaired) electrons. The van der Waals surface area contributed by atoms with E-state index in [1.165, 1.54) is 16.7 Å². The van der Waals surface area contributed by atoms with Crippen LogP contribution in [0.25, 0.3) is 5.57 Å². The normalized spacial score (nSPS) is 11.8. The monoisotopic (exact) mass is 311 g/mol. The second-order valence-electron chi connectivity index (χ2n) is 3.07. The topological polar surface area (TPSA) is 0 Å². The molecule has 0 amide bonds. The molecule has 0 aliphatic heterocycles. The van der Waals surface area contributed by atoms with Crippen molar-refractivity contribution in [3.8, 4) is 0 Å². The zero-order valence-corrected chi connectivity index (χ0v) is 12.4. The first kappa shape index (κ1) is 21.4. The largest absolute Gasteiger partial charge is 4.00 e. The van der Waals surface area contributed by atoms with E-state index in [4.69, 9.17) is 0 Å². The Balaban J connectivity index is -0.000000422. The van der Waals surface area contributed by atoms with E-state index in [1.54, 1.807) is 0 Å². The number of hydrogen-bond donors (Lipinski definition) is 0. The standard InChI is InChI=1S/C12H11.3ClH.V/c1-10-6-5-9-12(10)11-7-3-2-4-8-11;;;;/h2-5,7-8H,6H2,1H3;3*1H;/q-1;;;;+4/p-3. The van der Waals surface area contributed by atoms with E-state index in [0.29, 0.717) is 0 Å². The minimum Gasteiger partial charge on any atom is -1.00 e. The molecule has 0 fully saturated rings. The maximum Gasteiger partial charge on any atom is 4.00 e. The van der Waals surface area contributed by atoms with E-state index < -0.39 is 0 Å². The van der Waals surface area contributed by atoms with E-state index in [2.05, 4.69) is 43.3 Å². The molecule has 0 aromatic heterocycles. The summed E-state index contributed by atoms with van der Waals surface area (Å²) in [6.45, 7) is 2.17. The van der Waals surface area contributed by atoms with Crippen LogP contribution in [0.1, 0.15) is 18.9 Å². The van der Waals surface area contributed by atoms with E-state index in [-0.39, 0.29) is 55.8 Å². The number of allylic oxidation sites excluding steroid dienone is 4. The third kappa shape index (κ3) is 4.99.